The third-order valence-electron chi connectivity index (χ3n) is 2.33. The van der Waals surface area contributed by atoms with E-state index in [-0.39, 0.29) is 41.4 Å². The van der Waals surface area contributed by atoms with Crippen molar-refractivity contribution in [1.29, 1.82) is 0 Å². The van der Waals surface area contributed by atoms with Gasteiger partial charge in [0.15, 0.2) is 0 Å². The van der Waals surface area contributed by atoms with Crippen LogP contribution >= 0.6 is 0 Å². The Morgan fingerprint density at radius 2 is 1.19 bits per heavy atom. The van der Waals surface area contributed by atoms with E-state index < -0.39 is 24.4 Å². The monoisotopic (exact) mass is 240 g/mol. The maximum absolute atomic E-state index is 7.18. The molecule has 0 aromatic rings. The van der Waals surface area contributed by atoms with Crippen LogP contribution in [0.5, 0.6) is 0 Å². The van der Waals surface area contributed by atoms with E-state index in [1.54, 1.807) is 0 Å². The predicted octanol–water partition coefficient (Wildman–Crippen LogP) is -1.04. The van der Waals surface area contributed by atoms with Gasteiger partial charge in [-0.05, 0) is 0 Å². The van der Waals surface area contributed by atoms with Crippen LogP contribution in [-0.4, -0.2) is 65.8 Å². The standard InChI is InChI=1S/C10H24N2O4/c1-13-7(5-11)9(15-3)10(16-4)8(6-12)14-2/h7-10H,5-6,11-12H2,1-4H3/t7-,8-,9-,10-/m1/s1/i1D,2D,3D,4D. The van der Waals surface area contributed by atoms with Crippen LogP contribution in [0.4, 0.5) is 0 Å². The van der Waals surface area contributed by atoms with Gasteiger partial charge in [0.25, 0.3) is 0 Å². The molecule has 6 heteroatoms. The highest BCUT2D eigenvalue weighted by Crippen LogP contribution is 2.14. The highest BCUT2D eigenvalue weighted by molar-refractivity contribution is 4.86. The Balaban J connectivity index is 5.06. The van der Waals surface area contributed by atoms with E-state index >= 15 is 0 Å². The Labute approximate surface area is 103 Å². The molecule has 0 heterocycles. The number of ether oxygens (including phenoxy) is 4. The lowest BCUT2D eigenvalue weighted by Crippen LogP contribution is -2.52. The van der Waals surface area contributed by atoms with Gasteiger partial charge in [-0.3, -0.25) is 0 Å². The van der Waals surface area contributed by atoms with E-state index in [9.17, 15) is 0 Å². The molecule has 6 nitrogen and oxygen atoms in total. The second-order valence-electron chi connectivity index (χ2n) is 3.14. The molecule has 0 aliphatic rings. The molecule has 0 aromatic carbocycles. The molecule has 0 aliphatic heterocycles. The average molecular weight is 240 g/mol. The molecule has 0 saturated carbocycles. The minimum Gasteiger partial charge on any atom is -0.377 e. The molecule has 0 bridgehead atoms. The average Bonchev–Trinajstić information content (AvgIpc) is 2.46. The highest BCUT2D eigenvalue weighted by Gasteiger charge is 2.34. The van der Waals surface area contributed by atoms with E-state index in [0.717, 1.165) is 0 Å². The summed E-state index contributed by atoms with van der Waals surface area (Å²) in [4.78, 5) is 0. The molecule has 98 valence electrons. The van der Waals surface area contributed by atoms with E-state index in [1.165, 1.54) is 0 Å². The lowest BCUT2D eigenvalue weighted by molar-refractivity contribution is -0.144. The molecular weight excluding hydrogens is 212 g/mol. The van der Waals surface area contributed by atoms with Crippen molar-refractivity contribution in [3.8, 4) is 0 Å². The van der Waals surface area contributed by atoms with Gasteiger partial charge in [0, 0.05) is 41.4 Å². The number of rotatable bonds is 9. The van der Waals surface area contributed by atoms with Gasteiger partial charge < -0.3 is 30.4 Å². The Hall–Kier alpha value is -0.240. The third-order valence-corrected chi connectivity index (χ3v) is 2.33. The number of hydrogen-bond acceptors (Lipinski definition) is 6. The van der Waals surface area contributed by atoms with E-state index in [2.05, 4.69) is 0 Å². The van der Waals surface area contributed by atoms with Crippen molar-refractivity contribution >= 4 is 0 Å². The number of nitrogens with two attached hydrogens (primary N) is 2. The summed E-state index contributed by atoms with van der Waals surface area (Å²) in [6.45, 7) is 0.110. The molecule has 16 heavy (non-hydrogen) atoms. The number of methoxy groups -OCH3 is 4. The maximum Gasteiger partial charge on any atom is 0.113 e. The van der Waals surface area contributed by atoms with Gasteiger partial charge in [0.2, 0.25) is 0 Å². The van der Waals surface area contributed by atoms with E-state index in [4.69, 9.17) is 35.9 Å². The number of hydrogen-bond donors (Lipinski definition) is 2. The van der Waals surface area contributed by atoms with Crippen molar-refractivity contribution in [3.63, 3.8) is 0 Å². The SMILES string of the molecule is [2H]CO[C@@H]([C@H](OC[2H])[C@@H](CN)OC[2H])[C@@H](CN)OC[2H]. The first-order chi connectivity index (χ1) is 9.69. The summed E-state index contributed by atoms with van der Waals surface area (Å²) >= 11 is 0. The van der Waals surface area contributed by atoms with Crippen molar-refractivity contribution in [2.75, 3.05) is 41.4 Å². The Bertz CT molecular complexity index is 209. The van der Waals surface area contributed by atoms with Gasteiger partial charge in [-0.15, -0.1) is 0 Å². The molecule has 0 rings (SSSR count). The van der Waals surface area contributed by atoms with Crippen molar-refractivity contribution in [2.24, 2.45) is 11.5 Å². The summed E-state index contributed by atoms with van der Waals surface area (Å²) in [5, 5.41) is 0. The van der Waals surface area contributed by atoms with Crippen LogP contribution in [-0.2, 0) is 18.9 Å². The van der Waals surface area contributed by atoms with E-state index in [0.29, 0.717) is 0 Å². The normalized spacial score (nSPS) is 22.4. The minimum absolute atomic E-state index is 0.0551. The first-order valence-corrected chi connectivity index (χ1v) is 4.73. The Kier molecular flexibility index (Phi) is 5.40. The smallest absolute Gasteiger partial charge is 0.113 e. The van der Waals surface area contributed by atoms with Crippen LogP contribution in [0.3, 0.4) is 0 Å². The van der Waals surface area contributed by atoms with Gasteiger partial charge >= 0.3 is 0 Å². The Morgan fingerprint density at radius 3 is 1.44 bits per heavy atom. The van der Waals surface area contributed by atoms with Gasteiger partial charge in [0.1, 0.15) is 12.2 Å². The molecule has 4 N–H and O–H groups in total. The van der Waals surface area contributed by atoms with Crippen molar-refractivity contribution < 1.29 is 24.4 Å². The fourth-order valence-corrected chi connectivity index (χ4v) is 1.42. The second-order valence-corrected chi connectivity index (χ2v) is 3.14. The predicted molar refractivity (Wildman–Crippen MR) is 61.3 cm³/mol. The van der Waals surface area contributed by atoms with E-state index in [1.807, 2.05) is 0 Å². The molecular formula is C10H24N2O4. The lowest BCUT2D eigenvalue weighted by atomic mass is 10.0. The van der Waals surface area contributed by atoms with Crippen LogP contribution in [0.1, 0.15) is 5.48 Å². The van der Waals surface area contributed by atoms with Crippen molar-refractivity contribution in [3.05, 3.63) is 0 Å². The zero-order chi connectivity index (χ0) is 15.4. The molecule has 0 amide bonds. The van der Waals surface area contributed by atoms with Crippen LogP contribution < -0.4 is 11.5 Å². The molecule has 0 saturated heterocycles. The Morgan fingerprint density at radius 1 is 0.812 bits per heavy atom. The first-order valence-electron chi connectivity index (χ1n) is 7.56. The van der Waals surface area contributed by atoms with Crippen LogP contribution in [0.2, 0.25) is 0 Å². The fourth-order valence-electron chi connectivity index (χ4n) is 1.42. The summed E-state index contributed by atoms with van der Waals surface area (Å²) in [5.74, 6) is 0. The summed E-state index contributed by atoms with van der Waals surface area (Å²) in [6, 6.07) is 0. The van der Waals surface area contributed by atoms with Gasteiger partial charge in [0.05, 0.1) is 17.7 Å². The van der Waals surface area contributed by atoms with Crippen LogP contribution in [0.15, 0.2) is 0 Å². The molecule has 0 aromatic heterocycles. The molecule has 0 spiro atoms. The summed E-state index contributed by atoms with van der Waals surface area (Å²) in [5.41, 5.74) is 11.2. The van der Waals surface area contributed by atoms with Gasteiger partial charge in [-0.1, -0.05) is 0 Å². The largest absolute Gasteiger partial charge is 0.377 e. The zero-order valence-electron chi connectivity index (χ0n) is 13.3. The fraction of sp³-hybridized carbons (Fsp3) is 1.00. The third kappa shape index (κ3) is 3.97. The van der Waals surface area contributed by atoms with Crippen LogP contribution in [0, 0.1) is 0 Å². The molecule has 0 radical (unpaired) electrons. The zero-order valence-corrected chi connectivity index (χ0v) is 9.34. The van der Waals surface area contributed by atoms with Gasteiger partial charge in [-0.25, -0.2) is 0 Å². The van der Waals surface area contributed by atoms with Gasteiger partial charge in [-0.2, -0.15) is 0 Å². The van der Waals surface area contributed by atoms with Crippen molar-refractivity contribution in [2.45, 2.75) is 24.4 Å². The van der Waals surface area contributed by atoms with Crippen LogP contribution in [0.25, 0.3) is 0 Å². The maximum atomic E-state index is 7.18. The molecule has 0 aliphatic carbocycles. The molecule has 0 fully saturated rings. The first kappa shape index (κ1) is 9.76. The molecule has 4 atom stereocenters. The topological polar surface area (TPSA) is 89.0 Å². The summed E-state index contributed by atoms with van der Waals surface area (Å²) < 4.78 is 49.4. The highest BCUT2D eigenvalue weighted by atomic mass is 16.6. The molecule has 0 unspecified atom stereocenters. The summed E-state index contributed by atoms with van der Waals surface area (Å²) in [6.07, 6.45) is -2.96. The lowest BCUT2D eigenvalue weighted by Gasteiger charge is -2.34. The quantitative estimate of drug-likeness (QED) is 0.535. The van der Waals surface area contributed by atoms with Crippen molar-refractivity contribution in [1.82, 2.24) is 0 Å². The minimum atomic E-state index is -0.798. The second kappa shape index (κ2) is 8.86. The summed E-state index contributed by atoms with van der Waals surface area (Å²) in [7, 11) is -1.36.